The summed E-state index contributed by atoms with van der Waals surface area (Å²) in [5, 5.41) is 4.04. The van der Waals surface area contributed by atoms with Crippen molar-refractivity contribution in [1.29, 1.82) is 0 Å². The van der Waals surface area contributed by atoms with Crippen LogP contribution in [-0.4, -0.2) is 27.8 Å². The summed E-state index contributed by atoms with van der Waals surface area (Å²) in [6, 6.07) is 0.387. The monoisotopic (exact) mass is 259 g/mol. The van der Waals surface area contributed by atoms with Gasteiger partial charge in [-0.25, -0.2) is 0 Å². The molecule has 102 valence electrons. The van der Waals surface area contributed by atoms with Gasteiger partial charge in [0.2, 0.25) is 0 Å². The predicted molar refractivity (Wildman–Crippen MR) is 76.7 cm³/mol. The van der Waals surface area contributed by atoms with Gasteiger partial charge in [-0.15, -0.1) is 0 Å². The molecule has 0 aromatic carbocycles. The minimum atomic E-state index is -0.720. The smallest absolute Gasteiger partial charge is 0.0509 e. The van der Waals surface area contributed by atoms with Gasteiger partial charge in [0.1, 0.15) is 0 Å². The van der Waals surface area contributed by atoms with Crippen molar-refractivity contribution < 1.29 is 4.21 Å². The van der Waals surface area contributed by atoms with Gasteiger partial charge in [-0.2, -0.15) is 0 Å². The lowest BCUT2D eigenvalue weighted by atomic mass is 9.73. The second kappa shape index (κ2) is 5.83. The molecule has 4 unspecified atom stereocenters. The van der Waals surface area contributed by atoms with Gasteiger partial charge in [-0.1, -0.05) is 41.0 Å². The molecule has 17 heavy (non-hydrogen) atoms. The van der Waals surface area contributed by atoms with E-state index in [-0.39, 0.29) is 5.41 Å². The highest BCUT2D eigenvalue weighted by atomic mass is 32.2. The molecule has 2 nitrogen and oxygen atoms in total. The third kappa shape index (κ3) is 3.31. The van der Waals surface area contributed by atoms with Crippen LogP contribution in [0.4, 0.5) is 0 Å². The highest BCUT2D eigenvalue weighted by molar-refractivity contribution is 7.86. The number of hydrogen-bond acceptors (Lipinski definition) is 2. The van der Waals surface area contributed by atoms with Crippen LogP contribution in [0.1, 0.15) is 53.9 Å². The third-order valence-electron chi connectivity index (χ3n) is 4.44. The number of nitrogens with one attached hydrogen (secondary N) is 1. The third-order valence-corrected chi connectivity index (χ3v) is 6.82. The number of hydrogen-bond donors (Lipinski definition) is 1. The van der Waals surface area contributed by atoms with Gasteiger partial charge in [0, 0.05) is 22.1 Å². The Kier molecular flexibility index (Phi) is 5.21. The maximum Gasteiger partial charge on any atom is 0.0509 e. The molecular weight excluding hydrogens is 230 g/mol. The van der Waals surface area contributed by atoms with Gasteiger partial charge < -0.3 is 5.32 Å². The molecule has 0 bridgehead atoms. The molecule has 1 rings (SSSR count). The van der Waals surface area contributed by atoms with Crippen molar-refractivity contribution in [2.75, 3.05) is 7.05 Å². The first-order valence-electron chi connectivity index (χ1n) is 6.88. The summed E-state index contributed by atoms with van der Waals surface area (Å²) < 4.78 is 12.7. The summed E-state index contributed by atoms with van der Waals surface area (Å²) in [6.07, 6.45) is 3.56. The average Bonchev–Trinajstić information content (AvgIpc) is 2.25. The zero-order valence-corrected chi connectivity index (χ0v) is 13.1. The van der Waals surface area contributed by atoms with E-state index in [0.717, 1.165) is 6.42 Å². The Bertz CT molecular complexity index is 275. The maximum absolute atomic E-state index is 12.7. The van der Waals surface area contributed by atoms with Crippen LogP contribution in [-0.2, 0) is 10.8 Å². The Morgan fingerprint density at radius 1 is 1.29 bits per heavy atom. The van der Waals surface area contributed by atoms with Crippen LogP contribution in [0.3, 0.4) is 0 Å². The largest absolute Gasteiger partial charge is 0.315 e. The van der Waals surface area contributed by atoms with E-state index in [9.17, 15) is 4.21 Å². The van der Waals surface area contributed by atoms with Crippen molar-refractivity contribution in [2.24, 2.45) is 11.3 Å². The second-order valence-corrected chi connectivity index (χ2v) is 8.47. The Balaban J connectivity index is 2.84. The quantitative estimate of drug-likeness (QED) is 0.841. The molecule has 1 N–H and O–H groups in total. The molecule has 0 spiro atoms. The zero-order valence-electron chi connectivity index (χ0n) is 12.2. The van der Waals surface area contributed by atoms with Gasteiger partial charge in [0.05, 0.1) is 5.25 Å². The molecule has 0 saturated heterocycles. The highest BCUT2D eigenvalue weighted by Gasteiger charge is 2.42. The molecule has 0 aromatic heterocycles. The molecule has 1 fully saturated rings. The molecule has 0 heterocycles. The Labute approximate surface area is 109 Å². The summed E-state index contributed by atoms with van der Waals surface area (Å²) >= 11 is 0. The minimum absolute atomic E-state index is 0.268. The molecule has 3 heteroatoms. The lowest BCUT2D eigenvalue weighted by molar-refractivity contribution is 0.180. The SMILES string of the molecule is CNC1C(S(=O)C(C)C(C)C)CCCC1(C)C. The molecule has 4 atom stereocenters. The van der Waals surface area contributed by atoms with E-state index in [2.05, 4.69) is 39.9 Å². The summed E-state index contributed by atoms with van der Waals surface area (Å²) in [7, 11) is 1.30. The molecule has 0 amide bonds. The highest BCUT2D eigenvalue weighted by Crippen LogP contribution is 2.38. The first-order valence-corrected chi connectivity index (χ1v) is 8.15. The first-order chi connectivity index (χ1) is 7.81. The van der Waals surface area contributed by atoms with E-state index in [1.807, 2.05) is 7.05 Å². The molecule has 0 radical (unpaired) electrons. The van der Waals surface area contributed by atoms with Crippen LogP contribution in [0.15, 0.2) is 0 Å². The van der Waals surface area contributed by atoms with Crippen LogP contribution in [0, 0.1) is 11.3 Å². The minimum Gasteiger partial charge on any atom is -0.315 e. The van der Waals surface area contributed by atoms with E-state index >= 15 is 0 Å². The summed E-state index contributed by atoms with van der Waals surface area (Å²) in [5.41, 5.74) is 0.268. The van der Waals surface area contributed by atoms with Gasteiger partial charge in [0.15, 0.2) is 0 Å². The van der Waals surface area contributed by atoms with Crippen LogP contribution in [0.25, 0.3) is 0 Å². The second-order valence-electron chi connectivity index (χ2n) is 6.46. The van der Waals surface area contributed by atoms with Crippen LogP contribution in [0.2, 0.25) is 0 Å². The van der Waals surface area contributed by atoms with Crippen LogP contribution < -0.4 is 5.32 Å². The van der Waals surface area contributed by atoms with Crippen molar-refractivity contribution in [3.63, 3.8) is 0 Å². The van der Waals surface area contributed by atoms with Crippen molar-refractivity contribution in [1.82, 2.24) is 5.32 Å². The van der Waals surface area contributed by atoms with E-state index < -0.39 is 10.8 Å². The van der Waals surface area contributed by atoms with Crippen molar-refractivity contribution in [3.8, 4) is 0 Å². The first kappa shape index (κ1) is 15.2. The van der Waals surface area contributed by atoms with Gasteiger partial charge >= 0.3 is 0 Å². The van der Waals surface area contributed by atoms with Crippen molar-refractivity contribution >= 4 is 10.8 Å². The van der Waals surface area contributed by atoms with Gasteiger partial charge in [-0.05, 0) is 31.2 Å². The predicted octanol–water partition coefficient (Wildman–Crippen LogP) is 2.95. The molecule has 0 aliphatic heterocycles. The summed E-state index contributed by atoms with van der Waals surface area (Å²) in [6.45, 7) is 11.1. The van der Waals surface area contributed by atoms with Crippen molar-refractivity contribution in [2.45, 2.75) is 70.4 Å². The zero-order chi connectivity index (χ0) is 13.2. The van der Waals surface area contributed by atoms with E-state index in [4.69, 9.17) is 0 Å². The van der Waals surface area contributed by atoms with Crippen molar-refractivity contribution in [3.05, 3.63) is 0 Å². The van der Waals surface area contributed by atoms with Gasteiger partial charge in [0.25, 0.3) is 0 Å². The fraction of sp³-hybridized carbons (Fsp3) is 1.00. The van der Waals surface area contributed by atoms with Crippen LogP contribution in [0.5, 0.6) is 0 Å². The summed E-state index contributed by atoms with van der Waals surface area (Å²) in [5.74, 6) is 0.498. The molecule has 0 aromatic rings. The lowest BCUT2D eigenvalue weighted by Gasteiger charge is -2.44. The molecule has 1 saturated carbocycles. The van der Waals surface area contributed by atoms with Crippen LogP contribution >= 0.6 is 0 Å². The molecular formula is C14H29NOS. The molecule has 1 aliphatic rings. The topological polar surface area (TPSA) is 29.1 Å². The Morgan fingerprint density at radius 3 is 2.35 bits per heavy atom. The summed E-state index contributed by atoms with van der Waals surface area (Å²) in [4.78, 5) is 0. The maximum atomic E-state index is 12.7. The van der Waals surface area contributed by atoms with Gasteiger partial charge in [-0.3, -0.25) is 4.21 Å². The van der Waals surface area contributed by atoms with E-state index in [1.54, 1.807) is 0 Å². The number of rotatable bonds is 4. The average molecular weight is 259 g/mol. The van der Waals surface area contributed by atoms with E-state index in [0.29, 0.717) is 22.5 Å². The standard InChI is InChI=1S/C14H29NOS/c1-10(2)11(3)17(16)12-8-7-9-14(4,5)13(12)15-6/h10-13,15H,7-9H2,1-6H3. The fourth-order valence-electron chi connectivity index (χ4n) is 2.96. The fourth-order valence-corrected chi connectivity index (χ4v) is 5.21. The lowest BCUT2D eigenvalue weighted by Crippen LogP contribution is -2.54. The molecule has 1 aliphatic carbocycles. The normalized spacial score (nSPS) is 32.4. The Morgan fingerprint density at radius 2 is 1.88 bits per heavy atom. The van der Waals surface area contributed by atoms with E-state index in [1.165, 1.54) is 12.8 Å². The Hall–Kier alpha value is 0.110.